The van der Waals surface area contributed by atoms with Crippen molar-refractivity contribution < 1.29 is 4.79 Å². The molecular weight excluding hydrogens is 310 g/mol. The van der Waals surface area contributed by atoms with E-state index in [4.69, 9.17) is 0 Å². The summed E-state index contributed by atoms with van der Waals surface area (Å²) in [5, 5.41) is 9.48. The normalized spacial score (nSPS) is 10.8. The second-order valence-corrected chi connectivity index (χ2v) is 5.95. The van der Waals surface area contributed by atoms with Crippen molar-refractivity contribution >= 4 is 22.4 Å². The van der Waals surface area contributed by atoms with Crippen LogP contribution in [-0.4, -0.2) is 15.7 Å². The summed E-state index contributed by atoms with van der Waals surface area (Å²) in [6.07, 6.45) is 1.76. The molecule has 0 spiro atoms. The second kappa shape index (κ2) is 6.24. The van der Waals surface area contributed by atoms with Gasteiger partial charge in [-0.3, -0.25) is 4.79 Å². The van der Waals surface area contributed by atoms with Gasteiger partial charge in [-0.1, -0.05) is 30.3 Å². The van der Waals surface area contributed by atoms with Crippen LogP contribution in [0.25, 0.3) is 16.5 Å². The second-order valence-electron chi connectivity index (χ2n) is 5.95. The molecule has 0 aliphatic rings. The first kappa shape index (κ1) is 15.1. The molecule has 3 aromatic carbocycles. The number of rotatable bonds is 3. The number of hydrogen-bond donors (Lipinski definition) is 1. The minimum absolute atomic E-state index is 0.126. The Labute approximate surface area is 145 Å². The van der Waals surface area contributed by atoms with E-state index in [9.17, 15) is 4.79 Å². The fourth-order valence-electron chi connectivity index (χ4n) is 2.86. The zero-order chi connectivity index (χ0) is 17.2. The molecule has 1 amide bonds. The molecule has 1 N–H and O–H groups in total. The number of carbonyl (C=O) groups excluding carboxylic acids is 1. The smallest absolute Gasteiger partial charge is 0.255 e. The van der Waals surface area contributed by atoms with Gasteiger partial charge in [-0.25, -0.2) is 4.68 Å². The maximum atomic E-state index is 12.5. The number of nitrogens with one attached hydrogen (secondary N) is 1. The van der Waals surface area contributed by atoms with Crippen molar-refractivity contribution in [2.45, 2.75) is 6.92 Å². The zero-order valence-corrected chi connectivity index (χ0v) is 13.8. The van der Waals surface area contributed by atoms with E-state index in [1.54, 1.807) is 6.20 Å². The van der Waals surface area contributed by atoms with Crippen LogP contribution in [0.4, 0.5) is 5.69 Å². The van der Waals surface area contributed by atoms with Crippen LogP contribution in [0.3, 0.4) is 0 Å². The number of hydrogen-bond acceptors (Lipinski definition) is 2. The Balaban J connectivity index is 1.55. The molecule has 1 heterocycles. The quantitative estimate of drug-likeness (QED) is 0.598. The highest BCUT2D eigenvalue weighted by molar-refractivity contribution is 6.05. The number of anilines is 1. The third-order valence-electron chi connectivity index (χ3n) is 4.21. The molecule has 1 aromatic heterocycles. The summed E-state index contributed by atoms with van der Waals surface area (Å²) >= 11 is 0. The van der Waals surface area contributed by atoms with E-state index in [0.717, 1.165) is 27.8 Å². The minimum Gasteiger partial charge on any atom is -0.322 e. The first-order valence-electron chi connectivity index (χ1n) is 8.12. The average Bonchev–Trinajstić information content (AvgIpc) is 3.08. The van der Waals surface area contributed by atoms with E-state index in [2.05, 4.69) is 16.5 Å². The summed E-state index contributed by atoms with van der Waals surface area (Å²) in [4.78, 5) is 12.5. The van der Waals surface area contributed by atoms with Crippen LogP contribution in [-0.2, 0) is 0 Å². The summed E-state index contributed by atoms with van der Waals surface area (Å²) in [6.45, 7) is 1.99. The summed E-state index contributed by atoms with van der Waals surface area (Å²) in [5.41, 5.74) is 3.38. The van der Waals surface area contributed by atoms with Gasteiger partial charge in [-0.15, -0.1) is 0 Å². The van der Waals surface area contributed by atoms with Crippen molar-refractivity contribution in [2.24, 2.45) is 0 Å². The summed E-state index contributed by atoms with van der Waals surface area (Å²) in [5.74, 6) is -0.126. The predicted octanol–water partition coefficient (Wildman–Crippen LogP) is 4.59. The van der Waals surface area contributed by atoms with E-state index in [1.165, 1.54) is 0 Å². The molecule has 4 heteroatoms. The number of nitrogens with zero attached hydrogens (tertiary/aromatic N) is 2. The van der Waals surface area contributed by atoms with Gasteiger partial charge in [0.25, 0.3) is 5.91 Å². The lowest BCUT2D eigenvalue weighted by Gasteiger charge is -2.08. The van der Waals surface area contributed by atoms with Gasteiger partial charge in [0.15, 0.2) is 0 Å². The molecule has 0 saturated heterocycles. The highest BCUT2D eigenvalue weighted by atomic mass is 16.1. The first-order valence-corrected chi connectivity index (χ1v) is 8.12. The lowest BCUT2D eigenvalue weighted by atomic mass is 10.1. The molecular formula is C21H17N3O. The third-order valence-corrected chi connectivity index (χ3v) is 4.21. The Bertz CT molecular complexity index is 1050. The van der Waals surface area contributed by atoms with Gasteiger partial charge in [-0.2, -0.15) is 5.10 Å². The van der Waals surface area contributed by atoms with Crippen LogP contribution in [0.15, 0.2) is 79.0 Å². The van der Waals surface area contributed by atoms with Crippen LogP contribution < -0.4 is 5.32 Å². The number of fused-ring (bicyclic) bond motifs is 1. The average molecular weight is 327 g/mol. The predicted molar refractivity (Wildman–Crippen MR) is 100 cm³/mol. The molecule has 0 aliphatic heterocycles. The van der Waals surface area contributed by atoms with Gasteiger partial charge in [0.1, 0.15) is 0 Å². The SMILES string of the molecule is Cc1ccnn1-c1ccc(C(=O)Nc2ccc3ccccc3c2)cc1. The van der Waals surface area contributed by atoms with Crippen molar-refractivity contribution in [2.75, 3.05) is 5.32 Å². The fraction of sp³-hybridized carbons (Fsp3) is 0.0476. The molecule has 4 nitrogen and oxygen atoms in total. The van der Waals surface area contributed by atoms with Gasteiger partial charge >= 0.3 is 0 Å². The Morgan fingerprint density at radius 2 is 1.68 bits per heavy atom. The van der Waals surface area contributed by atoms with E-state index in [1.807, 2.05) is 78.3 Å². The molecule has 0 aliphatic carbocycles. The molecule has 25 heavy (non-hydrogen) atoms. The Morgan fingerprint density at radius 1 is 0.920 bits per heavy atom. The maximum absolute atomic E-state index is 12.5. The lowest BCUT2D eigenvalue weighted by Crippen LogP contribution is -2.12. The number of benzene rings is 3. The highest BCUT2D eigenvalue weighted by Crippen LogP contribution is 2.20. The molecule has 0 fully saturated rings. The molecule has 0 unspecified atom stereocenters. The van der Waals surface area contributed by atoms with Crippen molar-refractivity contribution in [3.05, 3.63) is 90.3 Å². The number of aryl methyl sites for hydroxylation is 1. The highest BCUT2D eigenvalue weighted by Gasteiger charge is 2.08. The summed E-state index contributed by atoms with van der Waals surface area (Å²) in [6, 6.07) is 23.4. The van der Waals surface area contributed by atoms with Crippen LogP contribution in [0, 0.1) is 6.92 Å². The van der Waals surface area contributed by atoms with Crippen LogP contribution in [0.5, 0.6) is 0 Å². The van der Waals surface area contributed by atoms with E-state index < -0.39 is 0 Å². The van der Waals surface area contributed by atoms with Crippen LogP contribution in [0.2, 0.25) is 0 Å². The van der Waals surface area contributed by atoms with Crippen molar-refractivity contribution in [1.29, 1.82) is 0 Å². The maximum Gasteiger partial charge on any atom is 0.255 e. The van der Waals surface area contributed by atoms with Gasteiger partial charge in [0.05, 0.1) is 5.69 Å². The van der Waals surface area contributed by atoms with Gasteiger partial charge in [-0.05, 0) is 60.2 Å². The molecule has 4 rings (SSSR count). The molecule has 0 radical (unpaired) electrons. The Morgan fingerprint density at radius 3 is 2.40 bits per heavy atom. The van der Waals surface area contributed by atoms with Gasteiger partial charge in [0, 0.05) is 23.1 Å². The molecule has 0 bridgehead atoms. The van der Waals surface area contributed by atoms with Crippen molar-refractivity contribution in [1.82, 2.24) is 9.78 Å². The van der Waals surface area contributed by atoms with Gasteiger partial charge < -0.3 is 5.32 Å². The third kappa shape index (κ3) is 3.02. The van der Waals surface area contributed by atoms with Gasteiger partial charge in [0.2, 0.25) is 0 Å². The largest absolute Gasteiger partial charge is 0.322 e. The lowest BCUT2D eigenvalue weighted by molar-refractivity contribution is 0.102. The summed E-state index contributed by atoms with van der Waals surface area (Å²) < 4.78 is 1.84. The monoisotopic (exact) mass is 327 g/mol. The molecule has 0 atom stereocenters. The van der Waals surface area contributed by atoms with E-state index in [-0.39, 0.29) is 5.91 Å². The topological polar surface area (TPSA) is 46.9 Å². The molecule has 4 aromatic rings. The Hall–Kier alpha value is -3.40. The van der Waals surface area contributed by atoms with E-state index >= 15 is 0 Å². The number of aromatic nitrogens is 2. The molecule has 122 valence electrons. The number of carbonyl (C=O) groups is 1. The minimum atomic E-state index is -0.126. The van der Waals surface area contributed by atoms with Crippen LogP contribution >= 0.6 is 0 Å². The zero-order valence-electron chi connectivity index (χ0n) is 13.8. The summed E-state index contributed by atoms with van der Waals surface area (Å²) in [7, 11) is 0. The Kier molecular flexibility index (Phi) is 3.78. The molecule has 0 saturated carbocycles. The van der Waals surface area contributed by atoms with Crippen molar-refractivity contribution in [3.63, 3.8) is 0 Å². The van der Waals surface area contributed by atoms with E-state index in [0.29, 0.717) is 5.56 Å². The van der Waals surface area contributed by atoms with Crippen LogP contribution in [0.1, 0.15) is 16.1 Å². The van der Waals surface area contributed by atoms with Crippen molar-refractivity contribution in [3.8, 4) is 5.69 Å². The fourth-order valence-corrected chi connectivity index (χ4v) is 2.86. The standard InChI is InChI=1S/C21H17N3O/c1-15-12-13-22-24(15)20-10-7-17(8-11-20)21(25)23-19-9-6-16-4-2-3-5-18(16)14-19/h2-14H,1H3,(H,23,25). The first-order chi connectivity index (χ1) is 12.2. The number of amides is 1.